The normalized spacial score (nSPS) is 18.1. The van der Waals surface area contributed by atoms with Crippen LogP contribution in [0.2, 0.25) is 0 Å². The molecule has 0 spiro atoms. The average Bonchev–Trinajstić information content (AvgIpc) is 3.02. The highest BCUT2D eigenvalue weighted by Crippen LogP contribution is 2.27. The highest BCUT2D eigenvalue weighted by atomic mass is 79.9. The molecule has 4 rings (SSSR count). The van der Waals surface area contributed by atoms with Gasteiger partial charge in [-0.2, -0.15) is 0 Å². The summed E-state index contributed by atoms with van der Waals surface area (Å²) >= 11 is 3.39. The summed E-state index contributed by atoms with van der Waals surface area (Å²) < 4.78 is 0.871. The Kier molecular flexibility index (Phi) is 5.17. The van der Waals surface area contributed by atoms with Gasteiger partial charge in [-0.15, -0.1) is 0 Å². The maximum Gasteiger partial charge on any atom is 0.332 e. The van der Waals surface area contributed by atoms with Crippen molar-refractivity contribution >= 4 is 39.5 Å². The Morgan fingerprint density at radius 3 is 2.36 bits per heavy atom. The van der Waals surface area contributed by atoms with E-state index >= 15 is 0 Å². The third-order valence-electron chi connectivity index (χ3n) is 5.27. The molecule has 0 aromatic heterocycles. The lowest BCUT2D eigenvalue weighted by atomic mass is 10.0. The topological polar surface area (TPSA) is 60.9 Å². The van der Waals surface area contributed by atoms with Crippen molar-refractivity contribution in [2.24, 2.45) is 0 Å². The number of urea groups is 1. The number of hydrogen-bond donors (Lipinski definition) is 0. The van der Waals surface area contributed by atoms with E-state index in [1.807, 2.05) is 41.3 Å². The molecule has 0 aliphatic carbocycles. The van der Waals surface area contributed by atoms with Gasteiger partial charge in [-0.3, -0.25) is 9.59 Å². The van der Waals surface area contributed by atoms with Crippen LogP contribution in [-0.4, -0.2) is 53.3 Å². The van der Waals surface area contributed by atoms with Crippen molar-refractivity contribution in [3.63, 3.8) is 0 Å². The molecule has 0 radical (unpaired) electrons. The number of piperidine rings is 1. The lowest BCUT2D eigenvalue weighted by Gasteiger charge is -2.36. The third-order valence-corrected chi connectivity index (χ3v) is 5.76. The molecule has 2 aromatic carbocycles. The molecule has 2 aliphatic heterocycles. The summed E-state index contributed by atoms with van der Waals surface area (Å²) in [6, 6.07) is 16.0. The van der Waals surface area contributed by atoms with Gasteiger partial charge < -0.3 is 9.80 Å². The molecule has 144 valence electrons. The van der Waals surface area contributed by atoms with Crippen LogP contribution < -0.4 is 4.90 Å². The molecular weight excluding hydrogens is 422 g/mol. The van der Waals surface area contributed by atoms with E-state index < -0.39 is 0 Å². The minimum absolute atomic E-state index is 0.00510. The maximum atomic E-state index is 12.8. The number of hydrogen-bond acceptors (Lipinski definition) is 3. The molecule has 4 amide bonds. The van der Waals surface area contributed by atoms with Gasteiger partial charge in [-0.25, -0.2) is 9.69 Å². The molecule has 7 heteroatoms. The van der Waals surface area contributed by atoms with Crippen molar-refractivity contribution in [3.05, 3.63) is 64.6 Å². The summed E-state index contributed by atoms with van der Waals surface area (Å²) in [5.41, 5.74) is 1.25. The first-order valence-corrected chi connectivity index (χ1v) is 10.1. The van der Waals surface area contributed by atoms with Gasteiger partial charge >= 0.3 is 6.03 Å². The van der Waals surface area contributed by atoms with E-state index in [2.05, 4.69) is 15.9 Å². The van der Waals surface area contributed by atoms with Crippen molar-refractivity contribution in [1.29, 1.82) is 0 Å². The molecular formula is C21H20BrN3O3. The zero-order chi connectivity index (χ0) is 19.7. The second-order valence-electron chi connectivity index (χ2n) is 7.01. The van der Waals surface area contributed by atoms with E-state index in [4.69, 9.17) is 0 Å². The van der Waals surface area contributed by atoms with Gasteiger partial charge in [0.05, 0.1) is 5.69 Å². The smallest absolute Gasteiger partial charge is 0.332 e. The number of para-hydroxylation sites is 1. The second kappa shape index (κ2) is 7.75. The van der Waals surface area contributed by atoms with E-state index in [0.717, 1.165) is 4.47 Å². The molecule has 2 aromatic rings. The highest BCUT2D eigenvalue weighted by Gasteiger charge is 2.41. The first-order chi connectivity index (χ1) is 13.5. The van der Waals surface area contributed by atoms with Gasteiger partial charge in [0.25, 0.3) is 11.8 Å². The summed E-state index contributed by atoms with van der Waals surface area (Å²) in [5, 5.41) is 0. The van der Waals surface area contributed by atoms with Gasteiger partial charge in [0.15, 0.2) is 0 Å². The summed E-state index contributed by atoms with van der Waals surface area (Å²) in [7, 11) is 0. The van der Waals surface area contributed by atoms with Crippen molar-refractivity contribution in [2.45, 2.75) is 18.9 Å². The lowest BCUT2D eigenvalue weighted by molar-refractivity contribution is -0.116. The zero-order valence-electron chi connectivity index (χ0n) is 15.3. The van der Waals surface area contributed by atoms with Crippen molar-refractivity contribution < 1.29 is 14.4 Å². The molecule has 0 unspecified atom stereocenters. The Morgan fingerprint density at radius 2 is 1.68 bits per heavy atom. The fraction of sp³-hybridized carbons (Fsp3) is 0.286. The number of halogens is 1. The van der Waals surface area contributed by atoms with Crippen LogP contribution in [0, 0.1) is 0 Å². The van der Waals surface area contributed by atoms with Crippen LogP contribution in [-0.2, 0) is 4.79 Å². The van der Waals surface area contributed by atoms with Crippen LogP contribution >= 0.6 is 15.9 Å². The Hall–Kier alpha value is -2.67. The predicted molar refractivity (Wildman–Crippen MR) is 109 cm³/mol. The zero-order valence-corrected chi connectivity index (χ0v) is 16.8. The van der Waals surface area contributed by atoms with Crippen LogP contribution in [0.4, 0.5) is 10.5 Å². The van der Waals surface area contributed by atoms with Gasteiger partial charge in [-0.05, 0) is 43.2 Å². The molecule has 0 N–H and O–H groups in total. The van der Waals surface area contributed by atoms with Gasteiger partial charge in [0.2, 0.25) is 0 Å². The minimum atomic E-state index is -0.270. The van der Waals surface area contributed by atoms with E-state index in [1.165, 1.54) is 4.90 Å². The number of anilines is 1. The predicted octanol–water partition coefficient (Wildman–Crippen LogP) is 3.52. The molecule has 0 saturated carbocycles. The summed E-state index contributed by atoms with van der Waals surface area (Å²) in [6.07, 6.45) is 1.34. The fourth-order valence-electron chi connectivity index (χ4n) is 3.82. The molecule has 28 heavy (non-hydrogen) atoms. The number of carbonyl (C=O) groups excluding carboxylic acids is 3. The van der Waals surface area contributed by atoms with Crippen molar-refractivity contribution in [3.8, 4) is 0 Å². The molecule has 0 atom stereocenters. The van der Waals surface area contributed by atoms with Crippen molar-refractivity contribution in [1.82, 2.24) is 9.80 Å². The number of rotatable bonds is 3. The van der Waals surface area contributed by atoms with Crippen LogP contribution in [0.25, 0.3) is 0 Å². The summed E-state index contributed by atoms with van der Waals surface area (Å²) in [5.74, 6) is -0.210. The van der Waals surface area contributed by atoms with Crippen LogP contribution in [0.5, 0.6) is 0 Å². The Labute approximate surface area is 171 Å². The van der Waals surface area contributed by atoms with Crippen molar-refractivity contribution in [2.75, 3.05) is 24.5 Å². The molecule has 2 aliphatic rings. The molecule has 0 bridgehead atoms. The number of carbonyl (C=O) groups is 3. The largest absolute Gasteiger partial charge is 0.338 e. The van der Waals surface area contributed by atoms with E-state index in [9.17, 15) is 14.4 Å². The number of imide groups is 1. The van der Waals surface area contributed by atoms with Gasteiger partial charge in [0, 0.05) is 29.2 Å². The fourth-order valence-corrected chi connectivity index (χ4v) is 4.22. The Balaban J connectivity index is 1.41. The quantitative estimate of drug-likeness (QED) is 0.684. The highest BCUT2D eigenvalue weighted by molar-refractivity contribution is 9.10. The molecule has 6 nitrogen and oxygen atoms in total. The first kappa shape index (κ1) is 18.7. The minimum Gasteiger partial charge on any atom is -0.338 e. The number of nitrogens with zero attached hydrogens (tertiary/aromatic N) is 3. The summed E-state index contributed by atoms with van der Waals surface area (Å²) in [6.45, 7) is 1.23. The second-order valence-corrected chi connectivity index (χ2v) is 7.92. The molecule has 2 saturated heterocycles. The third kappa shape index (κ3) is 3.54. The Bertz CT molecular complexity index is 910. The van der Waals surface area contributed by atoms with Gasteiger partial charge in [-0.1, -0.05) is 40.2 Å². The van der Waals surface area contributed by atoms with E-state index in [1.54, 1.807) is 23.1 Å². The molecule has 2 heterocycles. The first-order valence-electron chi connectivity index (χ1n) is 9.28. The monoisotopic (exact) mass is 441 g/mol. The Morgan fingerprint density at radius 1 is 0.964 bits per heavy atom. The van der Waals surface area contributed by atoms with E-state index in [-0.39, 0.29) is 30.4 Å². The summed E-state index contributed by atoms with van der Waals surface area (Å²) in [4.78, 5) is 42.7. The number of likely N-dealkylation sites (tertiary alicyclic amines) is 1. The van der Waals surface area contributed by atoms with Crippen LogP contribution in [0.15, 0.2) is 59.1 Å². The van der Waals surface area contributed by atoms with Crippen LogP contribution in [0.3, 0.4) is 0 Å². The maximum absolute atomic E-state index is 12.8. The molecule has 2 fully saturated rings. The van der Waals surface area contributed by atoms with E-state index in [0.29, 0.717) is 37.2 Å². The standard InChI is InChI=1S/C21H20BrN3O3/c22-16-6-4-5-15(13-16)20(27)23-11-9-17(10-12-23)24-14-19(26)25(21(24)28)18-7-2-1-3-8-18/h1-8,13,17H,9-12,14H2. The van der Waals surface area contributed by atoms with Crippen LogP contribution in [0.1, 0.15) is 23.2 Å². The SMILES string of the molecule is O=C(c1cccc(Br)c1)N1CCC(N2CC(=O)N(c3ccccc3)C2=O)CC1. The number of amides is 4. The average molecular weight is 442 g/mol. The lowest BCUT2D eigenvalue weighted by Crippen LogP contribution is -2.48. The number of benzene rings is 2. The van der Waals surface area contributed by atoms with Gasteiger partial charge in [0.1, 0.15) is 6.54 Å².